The lowest BCUT2D eigenvalue weighted by Gasteiger charge is -2.07. The van der Waals surface area contributed by atoms with Gasteiger partial charge in [0, 0.05) is 23.3 Å². The Hall–Kier alpha value is -0.510. The van der Waals surface area contributed by atoms with E-state index < -0.39 is 0 Å². The normalized spacial score (nSPS) is 12.8. The van der Waals surface area contributed by atoms with Crippen LogP contribution in [0.1, 0.15) is 24.9 Å². The summed E-state index contributed by atoms with van der Waals surface area (Å²) in [5.41, 5.74) is 6.95. The van der Waals surface area contributed by atoms with Crippen LogP contribution in [0.15, 0.2) is 29.2 Å². The van der Waals surface area contributed by atoms with E-state index in [0.29, 0.717) is 0 Å². The van der Waals surface area contributed by atoms with Gasteiger partial charge in [0.25, 0.3) is 0 Å². The van der Waals surface area contributed by atoms with Gasteiger partial charge in [0.05, 0.1) is 0 Å². The lowest BCUT2D eigenvalue weighted by atomic mass is 10.1. The molecule has 1 aromatic carbocycles. The van der Waals surface area contributed by atoms with Crippen LogP contribution in [0, 0.1) is 0 Å². The predicted molar refractivity (Wildman–Crippen MR) is 61.5 cm³/mol. The molecule has 3 heteroatoms. The highest BCUT2D eigenvalue weighted by atomic mass is 32.2. The van der Waals surface area contributed by atoms with Gasteiger partial charge >= 0.3 is 0 Å². The average Bonchev–Trinajstić information content (AvgIpc) is 2.19. The van der Waals surface area contributed by atoms with E-state index in [0.717, 1.165) is 12.2 Å². The van der Waals surface area contributed by atoms with E-state index in [4.69, 9.17) is 10.8 Å². The molecule has 0 bridgehead atoms. The maximum absolute atomic E-state index is 8.65. The zero-order valence-corrected chi connectivity index (χ0v) is 9.26. The lowest BCUT2D eigenvalue weighted by Crippen LogP contribution is -2.04. The zero-order valence-electron chi connectivity index (χ0n) is 8.44. The van der Waals surface area contributed by atoms with Crippen LogP contribution in [0.4, 0.5) is 0 Å². The summed E-state index contributed by atoms with van der Waals surface area (Å²) in [7, 11) is 0. The Morgan fingerprint density at radius 1 is 1.50 bits per heavy atom. The average molecular weight is 211 g/mol. The van der Waals surface area contributed by atoms with Gasteiger partial charge in [0.15, 0.2) is 0 Å². The van der Waals surface area contributed by atoms with Gasteiger partial charge in [-0.15, -0.1) is 11.8 Å². The molecule has 14 heavy (non-hydrogen) atoms. The minimum absolute atomic E-state index is 0.0911. The summed E-state index contributed by atoms with van der Waals surface area (Å²) < 4.78 is 0. The van der Waals surface area contributed by atoms with E-state index >= 15 is 0 Å². The van der Waals surface area contributed by atoms with Crippen LogP contribution in [0.25, 0.3) is 0 Å². The maximum atomic E-state index is 8.65. The fraction of sp³-hybridized carbons (Fsp3) is 0.455. The molecule has 1 atom stereocenters. The number of aliphatic hydroxyl groups is 1. The summed E-state index contributed by atoms with van der Waals surface area (Å²) in [4.78, 5) is 1.23. The van der Waals surface area contributed by atoms with Crippen LogP contribution >= 0.6 is 11.8 Å². The van der Waals surface area contributed by atoms with E-state index in [-0.39, 0.29) is 12.6 Å². The van der Waals surface area contributed by atoms with Crippen molar-refractivity contribution in [3.8, 4) is 0 Å². The Morgan fingerprint density at radius 2 is 2.29 bits per heavy atom. The number of hydrogen-bond donors (Lipinski definition) is 2. The van der Waals surface area contributed by atoms with E-state index in [1.165, 1.54) is 10.5 Å². The molecule has 0 amide bonds. The van der Waals surface area contributed by atoms with Crippen molar-refractivity contribution < 1.29 is 5.11 Å². The molecule has 0 heterocycles. The van der Waals surface area contributed by atoms with Crippen molar-refractivity contribution in [1.82, 2.24) is 0 Å². The third kappa shape index (κ3) is 3.70. The fourth-order valence-corrected chi connectivity index (χ4v) is 2.05. The van der Waals surface area contributed by atoms with Gasteiger partial charge in [-0.3, -0.25) is 0 Å². The highest BCUT2D eigenvalue weighted by molar-refractivity contribution is 7.99. The Labute approximate surface area is 89.5 Å². The summed E-state index contributed by atoms with van der Waals surface area (Å²) in [6.07, 6.45) is 0.840. The fourth-order valence-electron chi connectivity index (χ4n) is 1.14. The van der Waals surface area contributed by atoms with Gasteiger partial charge in [-0.2, -0.15) is 0 Å². The second kappa shape index (κ2) is 6.06. The van der Waals surface area contributed by atoms with E-state index in [1.54, 1.807) is 11.8 Å². The van der Waals surface area contributed by atoms with Crippen molar-refractivity contribution in [2.24, 2.45) is 5.73 Å². The first kappa shape index (κ1) is 11.6. The SMILES string of the molecule is CC(N)c1cccc(SCCCO)c1. The first-order chi connectivity index (χ1) is 6.74. The van der Waals surface area contributed by atoms with Crippen LogP contribution in [0.3, 0.4) is 0 Å². The Bertz CT molecular complexity index is 276. The topological polar surface area (TPSA) is 46.2 Å². The summed E-state index contributed by atoms with van der Waals surface area (Å²) in [6.45, 7) is 2.25. The molecule has 0 aliphatic heterocycles. The quantitative estimate of drug-likeness (QED) is 0.579. The molecule has 1 rings (SSSR count). The van der Waals surface area contributed by atoms with Crippen molar-refractivity contribution >= 4 is 11.8 Å². The van der Waals surface area contributed by atoms with Crippen LogP contribution < -0.4 is 5.73 Å². The number of aliphatic hydroxyl groups excluding tert-OH is 1. The minimum Gasteiger partial charge on any atom is -0.396 e. The molecule has 2 nitrogen and oxygen atoms in total. The summed E-state index contributed by atoms with van der Waals surface area (Å²) >= 11 is 1.76. The molecule has 3 N–H and O–H groups in total. The molecule has 0 aliphatic carbocycles. The smallest absolute Gasteiger partial charge is 0.0439 e. The van der Waals surface area contributed by atoms with Gasteiger partial charge < -0.3 is 10.8 Å². The van der Waals surface area contributed by atoms with E-state index in [2.05, 4.69) is 12.1 Å². The molecule has 0 saturated heterocycles. The largest absolute Gasteiger partial charge is 0.396 e. The van der Waals surface area contributed by atoms with Gasteiger partial charge in [-0.25, -0.2) is 0 Å². The van der Waals surface area contributed by atoms with Crippen LogP contribution in [0.5, 0.6) is 0 Å². The molecule has 1 unspecified atom stereocenters. The molecule has 0 spiro atoms. The van der Waals surface area contributed by atoms with Crippen molar-refractivity contribution in [1.29, 1.82) is 0 Å². The van der Waals surface area contributed by atoms with E-state index in [1.807, 2.05) is 19.1 Å². The molecular weight excluding hydrogens is 194 g/mol. The number of rotatable bonds is 5. The molecule has 0 saturated carbocycles. The highest BCUT2D eigenvalue weighted by Gasteiger charge is 2.00. The Morgan fingerprint density at radius 3 is 2.93 bits per heavy atom. The molecule has 0 radical (unpaired) electrons. The molecule has 0 aromatic heterocycles. The van der Waals surface area contributed by atoms with Gasteiger partial charge in [0.1, 0.15) is 0 Å². The molecule has 0 fully saturated rings. The minimum atomic E-state index is 0.0911. The number of nitrogens with two attached hydrogens (primary N) is 1. The molecule has 1 aromatic rings. The van der Waals surface area contributed by atoms with Crippen molar-refractivity contribution in [3.63, 3.8) is 0 Å². The second-order valence-corrected chi connectivity index (χ2v) is 4.46. The van der Waals surface area contributed by atoms with Crippen LogP contribution in [-0.4, -0.2) is 17.5 Å². The van der Waals surface area contributed by atoms with E-state index in [9.17, 15) is 0 Å². The first-order valence-corrected chi connectivity index (χ1v) is 5.82. The summed E-state index contributed by atoms with van der Waals surface area (Å²) in [5, 5.41) is 8.65. The number of hydrogen-bond acceptors (Lipinski definition) is 3. The van der Waals surface area contributed by atoms with Gasteiger partial charge in [-0.05, 0) is 31.0 Å². The number of thioether (sulfide) groups is 1. The highest BCUT2D eigenvalue weighted by Crippen LogP contribution is 2.21. The zero-order chi connectivity index (χ0) is 10.4. The van der Waals surface area contributed by atoms with Gasteiger partial charge in [-0.1, -0.05) is 12.1 Å². The summed E-state index contributed by atoms with van der Waals surface area (Å²) in [6, 6.07) is 8.36. The third-order valence-corrected chi connectivity index (χ3v) is 3.04. The number of benzene rings is 1. The monoisotopic (exact) mass is 211 g/mol. The maximum Gasteiger partial charge on any atom is 0.0439 e. The van der Waals surface area contributed by atoms with Gasteiger partial charge in [0.2, 0.25) is 0 Å². The van der Waals surface area contributed by atoms with Crippen molar-refractivity contribution in [2.75, 3.05) is 12.4 Å². The molecule has 78 valence electrons. The Kier molecular flexibility index (Phi) is 5.01. The third-order valence-electron chi connectivity index (χ3n) is 1.96. The summed E-state index contributed by atoms with van der Waals surface area (Å²) in [5.74, 6) is 0.957. The van der Waals surface area contributed by atoms with Crippen molar-refractivity contribution in [3.05, 3.63) is 29.8 Å². The van der Waals surface area contributed by atoms with Crippen LogP contribution in [0.2, 0.25) is 0 Å². The predicted octanol–water partition coefficient (Wildman–Crippen LogP) is 2.18. The lowest BCUT2D eigenvalue weighted by molar-refractivity contribution is 0.296. The van der Waals surface area contributed by atoms with Crippen molar-refractivity contribution in [2.45, 2.75) is 24.3 Å². The standard InChI is InChI=1S/C11H17NOS/c1-9(12)10-4-2-5-11(8-10)14-7-3-6-13/h2,4-5,8-9,13H,3,6-7,12H2,1H3. The second-order valence-electron chi connectivity index (χ2n) is 3.29. The molecular formula is C11H17NOS. The van der Waals surface area contributed by atoms with Crippen LogP contribution in [-0.2, 0) is 0 Å². The Balaban J connectivity index is 2.55. The molecule has 0 aliphatic rings. The first-order valence-electron chi connectivity index (χ1n) is 4.83.